The molecule has 0 atom stereocenters. The van der Waals surface area contributed by atoms with E-state index in [1.807, 2.05) is 0 Å². The molecule has 0 unspecified atom stereocenters. The summed E-state index contributed by atoms with van der Waals surface area (Å²) in [4.78, 5) is 42.0. The van der Waals surface area contributed by atoms with Crippen LogP contribution in [0.3, 0.4) is 0 Å². The van der Waals surface area contributed by atoms with Crippen molar-refractivity contribution in [2.75, 3.05) is 13.1 Å². The van der Waals surface area contributed by atoms with E-state index in [1.165, 1.54) is 12.8 Å². The molecule has 0 rings (SSSR count). The monoisotopic (exact) mass is 374 g/mol. The second-order valence-corrected chi connectivity index (χ2v) is 5.96. The standard InChI is InChI=1S/C10H19NO3.C8H15NO3/c1-2-3-4-5-6-7-9(12)11-8-10(13)14;1-2-3-4-5-7(10)9-6-8(11)12/h2-8H2,1H3,(H,11,12)(H,13,14);2-6H2,1H3,(H,9,10)(H,11,12). The molecular formula is C18H34N2O6. The van der Waals surface area contributed by atoms with Gasteiger partial charge in [0.25, 0.3) is 0 Å². The molecular weight excluding hydrogens is 340 g/mol. The van der Waals surface area contributed by atoms with Crippen molar-refractivity contribution in [2.24, 2.45) is 0 Å². The normalized spacial score (nSPS) is 9.62. The van der Waals surface area contributed by atoms with Gasteiger partial charge in [0.1, 0.15) is 13.1 Å². The van der Waals surface area contributed by atoms with Crippen LogP contribution in [0.5, 0.6) is 0 Å². The smallest absolute Gasteiger partial charge is 0.322 e. The summed E-state index contributed by atoms with van der Waals surface area (Å²) in [5.74, 6) is -2.34. The Kier molecular flexibility index (Phi) is 19.3. The molecule has 0 aliphatic rings. The van der Waals surface area contributed by atoms with Crippen molar-refractivity contribution in [1.29, 1.82) is 0 Å². The second-order valence-electron chi connectivity index (χ2n) is 5.96. The fourth-order valence-electron chi connectivity index (χ4n) is 1.95. The van der Waals surface area contributed by atoms with Gasteiger partial charge in [0.2, 0.25) is 11.8 Å². The van der Waals surface area contributed by atoms with E-state index in [2.05, 4.69) is 24.5 Å². The van der Waals surface area contributed by atoms with Crippen LogP contribution in [0.4, 0.5) is 0 Å². The predicted molar refractivity (Wildman–Crippen MR) is 98.8 cm³/mol. The maximum atomic E-state index is 11.0. The van der Waals surface area contributed by atoms with Gasteiger partial charge in [0.05, 0.1) is 0 Å². The molecule has 152 valence electrons. The highest BCUT2D eigenvalue weighted by atomic mass is 16.4. The Bertz CT molecular complexity index is 412. The summed E-state index contributed by atoms with van der Waals surface area (Å²) in [6.07, 6.45) is 9.23. The van der Waals surface area contributed by atoms with Crippen molar-refractivity contribution in [3.63, 3.8) is 0 Å². The first kappa shape index (κ1) is 26.1. The minimum atomic E-state index is -1.00. The van der Waals surface area contributed by atoms with E-state index in [-0.39, 0.29) is 24.9 Å². The van der Waals surface area contributed by atoms with E-state index in [1.54, 1.807) is 0 Å². The highest BCUT2D eigenvalue weighted by molar-refractivity contribution is 5.81. The summed E-state index contributed by atoms with van der Waals surface area (Å²) in [6.45, 7) is 3.65. The first-order valence-corrected chi connectivity index (χ1v) is 9.30. The second kappa shape index (κ2) is 19.2. The fraction of sp³-hybridized carbons (Fsp3) is 0.778. The van der Waals surface area contributed by atoms with E-state index in [0.717, 1.165) is 38.5 Å². The number of hydrogen-bond acceptors (Lipinski definition) is 4. The summed E-state index contributed by atoms with van der Waals surface area (Å²) in [5, 5.41) is 21.1. The van der Waals surface area contributed by atoms with Crippen molar-refractivity contribution < 1.29 is 29.4 Å². The molecule has 2 amide bonds. The number of unbranched alkanes of at least 4 members (excludes halogenated alkanes) is 6. The van der Waals surface area contributed by atoms with Crippen LogP contribution in [0, 0.1) is 0 Å². The number of carbonyl (C=O) groups is 4. The molecule has 0 spiro atoms. The molecule has 0 aliphatic heterocycles. The van der Waals surface area contributed by atoms with E-state index < -0.39 is 11.9 Å². The number of carboxylic acid groups (broad SMARTS) is 2. The van der Waals surface area contributed by atoms with Crippen molar-refractivity contribution in [3.8, 4) is 0 Å². The van der Waals surface area contributed by atoms with Crippen LogP contribution in [0.25, 0.3) is 0 Å². The topological polar surface area (TPSA) is 133 Å². The van der Waals surface area contributed by atoms with Gasteiger partial charge in [-0.2, -0.15) is 0 Å². The van der Waals surface area contributed by atoms with Gasteiger partial charge in [-0.1, -0.05) is 52.4 Å². The third-order valence-electron chi connectivity index (χ3n) is 3.39. The SMILES string of the molecule is CCCCCC(=O)NCC(=O)O.CCCCCCCC(=O)NCC(=O)O. The van der Waals surface area contributed by atoms with Gasteiger partial charge >= 0.3 is 11.9 Å². The number of nitrogens with one attached hydrogen (secondary N) is 2. The van der Waals surface area contributed by atoms with Gasteiger partial charge in [-0.3, -0.25) is 19.2 Å². The highest BCUT2D eigenvalue weighted by Crippen LogP contribution is 2.04. The van der Waals surface area contributed by atoms with Crippen molar-refractivity contribution in [2.45, 2.75) is 78.1 Å². The lowest BCUT2D eigenvalue weighted by Gasteiger charge is -2.01. The Balaban J connectivity index is 0. The Morgan fingerprint density at radius 1 is 0.615 bits per heavy atom. The zero-order chi connectivity index (χ0) is 20.2. The van der Waals surface area contributed by atoms with E-state index in [4.69, 9.17) is 10.2 Å². The van der Waals surface area contributed by atoms with E-state index in [0.29, 0.717) is 12.8 Å². The molecule has 0 aromatic rings. The molecule has 0 aliphatic carbocycles. The summed E-state index contributed by atoms with van der Waals surface area (Å²) >= 11 is 0. The molecule has 0 bridgehead atoms. The van der Waals surface area contributed by atoms with Crippen LogP contribution in [0.15, 0.2) is 0 Å². The van der Waals surface area contributed by atoms with Gasteiger partial charge < -0.3 is 20.8 Å². The first-order chi connectivity index (χ1) is 12.3. The van der Waals surface area contributed by atoms with Gasteiger partial charge in [0, 0.05) is 12.8 Å². The lowest BCUT2D eigenvalue weighted by Crippen LogP contribution is -2.28. The quantitative estimate of drug-likeness (QED) is 0.345. The zero-order valence-electron chi connectivity index (χ0n) is 16.0. The highest BCUT2D eigenvalue weighted by Gasteiger charge is 2.03. The maximum absolute atomic E-state index is 11.0. The molecule has 0 fully saturated rings. The summed E-state index contributed by atoms with van der Waals surface area (Å²) < 4.78 is 0. The minimum Gasteiger partial charge on any atom is -0.480 e. The number of rotatable bonds is 14. The molecule has 0 saturated heterocycles. The number of carboxylic acids is 2. The molecule has 0 aromatic carbocycles. The Labute approximate surface area is 155 Å². The Hall–Kier alpha value is -2.12. The third kappa shape index (κ3) is 24.1. The first-order valence-electron chi connectivity index (χ1n) is 9.30. The molecule has 0 aromatic heterocycles. The molecule has 26 heavy (non-hydrogen) atoms. The van der Waals surface area contributed by atoms with Crippen molar-refractivity contribution >= 4 is 23.8 Å². The van der Waals surface area contributed by atoms with E-state index in [9.17, 15) is 19.2 Å². The average molecular weight is 374 g/mol. The van der Waals surface area contributed by atoms with Gasteiger partial charge in [-0.05, 0) is 12.8 Å². The van der Waals surface area contributed by atoms with Crippen LogP contribution in [0.1, 0.15) is 78.1 Å². The summed E-state index contributed by atoms with van der Waals surface area (Å²) in [5.41, 5.74) is 0. The molecule has 4 N–H and O–H groups in total. The molecule has 0 radical (unpaired) electrons. The molecule has 0 heterocycles. The number of hydrogen-bond donors (Lipinski definition) is 4. The number of carbonyl (C=O) groups excluding carboxylic acids is 2. The minimum absolute atomic E-state index is 0.163. The van der Waals surface area contributed by atoms with Crippen LogP contribution >= 0.6 is 0 Å². The Morgan fingerprint density at radius 2 is 0.962 bits per heavy atom. The largest absolute Gasteiger partial charge is 0.480 e. The molecule has 0 saturated carbocycles. The predicted octanol–water partition coefficient (Wildman–Crippen LogP) is 2.32. The van der Waals surface area contributed by atoms with Gasteiger partial charge in [0.15, 0.2) is 0 Å². The van der Waals surface area contributed by atoms with Crippen LogP contribution in [0.2, 0.25) is 0 Å². The average Bonchev–Trinajstić information content (AvgIpc) is 2.59. The van der Waals surface area contributed by atoms with Crippen LogP contribution in [-0.2, 0) is 19.2 Å². The van der Waals surface area contributed by atoms with Crippen LogP contribution in [-0.4, -0.2) is 47.1 Å². The van der Waals surface area contributed by atoms with E-state index >= 15 is 0 Å². The third-order valence-corrected chi connectivity index (χ3v) is 3.39. The summed E-state index contributed by atoms with van der Waals surface area (Å²) in [6, 6.07) is 0. The fourth-order valence-corrected chi connectivity index (χ4v) is 1.95. The van der Waals surface area contributed by atoms with Gasteiger partial charge in [-0.25, -0.2) is 0 Å². The molecule has 8 nitrogen and oxygen atoms in total. The number of aliphatic carboxylic acids is 2. The number of amides is 2. The lowest BCUT2D eigenvalue weighted by molar-refractivity contribution is -0.138. The van der Waals surface area contributed by atoms with Gasteiger partial charge in [-0.15, -0.1) is 0 Å². The van der Waals surface area contributed by atoms with Crippen LogP contribution < -0.4 is 10.6 Å². The molecule has 8 heteroatoms. The Morgan fingerprint density at radius 3 is 1.35 bits per heavy atom. The summed E-state index contributed by atoms with van der Waals surface area (Å²) in [7, 11) is 0. The lowest BCUT2D eigenvalue weighted by atomic mass is 10.1. The van der Waals surface area contributed by atoms with Crippen molar-refractivity contribution in [3.05, 3.63) is 0 Å². The van der Waals surface area contributed by atoms with Crippen molar-refractivity contribution in [1.82, 2.24) is 10.6 Å². The maximum Gasteiger partial charge on any atom is 0.322 e. The zero-order valence-corrected chi connectivity index (χ0v) is 16.0.